The summed E-state index contributed by atoms with van der Waals surface area (Å²) in [6, 6.07) is 0. The molecule has 0 aliphatic carbocycles. The van der Waals surface area contributed by atoms with Crippen molar-refractivity contribution in [2.75, 3.05) is 6.67 Å². The summed E-state index contributed by atoms with van der Waals surface area (Å²) in [5, 5.41) is 3.36. The topological polar surface area (TPSA) is 31.2 Å². The molecular weight excluding hydrogens is 145 g/mol. The van der Waals surface area contributed by atoms with Crippen LogP contribution in [0, 0.1) is 6.20 Å². The molecule has 1 unspecified atom stereocenters. The quantitative estimate of drug-likeness (QED) is 0.390. The minimum atomic E-state index is -0.934. The van der Waals surface area contributed by atoms with Gasteiger partial charge in [-0.1, -0.05) is 11.6 Å². The van der Waals surface area contributed by atoms with E-state index < -0.39 is 18.0 Å². The number of halogens is 2. The van der Waals surface area contributed by atoms with Crippen LogP contribution < -0.4 is 5.32 Å². The highest BCUT2D eigenvalue weighted by molar-refractivity contribution is 6.34. The molecule has 4 heteroatoms. The van der Waals surface area contributed by atoms with E-state index in [-0.39, 0.29) is 5.57 Å². The molecule has 0 aromatic rings. The Morgan fingerprint density at radius 1 is 1.89 bits per heavy atom. The standard InChI is InChI=1S/C5H3ClFNO/c6-5-4(9)3(1-7)2-8-5/h5H,1H2. The van der Waals surface area contributed by atoms with Crippen molar-refractivity contribution in [3.63, 3.8) is 0 Å². The minimum absolute atomic E-state index is 0.0602. The number of ketones is 1. The van der Waals surface area contributed by atoms with Crippen LogP contribution in [0.4, 0.5) is 4.39 Å². The monoisotopic (exact) mass is 147 g/mol. The van der Waals surface area contributed by atoms with Gasteiger partial charge in [-0.15, -0.1) is 0 Å². The SMILES string of the molecule is O=C1C(CF)=[C][N]C1Cl. The second-order valence-corrected chi connectivity index (χ2v) is 1.97. The van der Waals surface area contributed by atoms with E-state index in [2.05, 4.69) is 11.5 Å². The van der Waals surface area contributed by atoms with E-state index in [1.165, 1.54) is 0 Å². The highest BCUT2D eigenvalue weighted by atomic mass is 35.5. The molecule has 2 nitrogen and oxygen atoms in total. The molecule has 0 aromatic heterocycles. The van der Waals surface area contributed by atoms with E-state index in [1.54, 1.807) is 0 Å². The predicted molar refractivity (Wildman–Crippen MR) is 29.5 cm³/mol. The van der Waals surface area contributed by atoms with Crippen molar-refractivity contribution in [1.82, 2.24) is 5.32 Å². The first-order valence-corrected chi connectivity index (χ1v) is 2.75. The second kappa shape index (κ2) is 2.35. The predicted octanol–water partition coefficient (Wildman–Crippen LogP) is 0.395. The van der Waals surface area contributed by atoms with Gasteiger partial charge in [-0.05, 0) is 0 Å². The molecule has 1 rings (SSSR count). The fourth-order valence-corrected chi connectivity index (χ4v) is 0.668. The Labute approximate surface area is 56.7 Å². The smallest absolute Gasteiger partial charge is 0.203 e. The molecule has 1 atom stereocenters. The first-order chi connectivity index (χ1) is 4.25. The summed E-state index contributed by atoms with van der Waals surface area (Å²) >= 11 is 5.27. The largest absolute Gasteiger partial charge is 0.290 e. The van der Waals surface area contributed by atoms with Crippen molar-refractivity contribution in [3.8, 4) is 0 Å². The van der Waals surface area contributed by atoms with Crippen molar-refractivity contribution in [3.05, 3.63) is 11.8 Å². The molecule has 1 aliphatic rings. The number of carbonyl (C=O) groups is 1. The average molecular weight is 148 g/mol. The third kappa shape index (κ3) is 1.05. The van der Waals surface area contributed by atoms with Crippen LogP contribution in [-0.2, 0) is 4.79 Å². The molecule has 0 fully saturated rings. The molecule has 0 saturated carbocycles. The minimum Gasteiger partial charge on any atom is -0.290 e. The molecular formula is C5H3ClFNO. The summed E-state index contributed by atoms with van der Waals surface area (Å²) in [6.45, 7) is -0.828. The lowest BCUT2D eigenvalue weighted by Crippen LogP contribution is -2.15. The normalized spacial score (nSPS) is 25.8. The Hall–Kier alpha value is -0.570. The second-order valence-electron chi connectivity index (χ2n) is 1.55. The van der Waals surface area contributed by atoms with E-state index >= 15 is 0 Å². The highest BCUT2D eigenvalue weighted by Gasteiger charge is 2.26. The van der Waals surface area contributed by atoms with E-state index in [0.29, 0.717) is 0 Å². The van der Waals surface area contributed by atoms with Crippen molar-refractivity contribution in [2.45, 2.75) is 5.50 Å². The molecule has 48 valence electrons. The van der Waals surface area contributed by atoms with Gasteiger partial charge in [-0.25, -0.2) is 4.39 Å². The molecule has 1 heterocycles. The van der Waals surface area contributed by atoms with Gasteiger partial charge in [-0.2, -0.15) is 0 Å². The number of rotatable bonds is 1. The zero-order chi connectivity index (χ0) is 6.85. The molecule has 2 radical (unpaired) electrons. The Bertz CT molecular complexity index is 168. The zero-order valence-corrected chi connectivity index (χ0v) is 5.15. The Morgan fingerprint density at radius 2 is 2.56 bits per heavy atom. The number of hydrogen-bond donors (Lipinski definition) is 0. The summed E-state index contributed by atoms with van der Waals surface area (Å²) in [7, 11) is 0. The van der Waals surface area contributed by atoms with E-state index in [1.807, 2.05) is 0 Å². The fraction of sp³-hybridized carbons (Fsp3) is 0.400. The molecule has 0 aromatic carbocycles. The third-order valence-corrected chi connectivity index (χ3v) is 1.26. The third-order valence-electron chi connectivity index (χ3n) is 0.960. The Kier molecular flexibility index (Phi) is 1.71. The summed E-state index contributed by atoms with van der Waals surface area (Å²) in [6.07, 6.45) is 2.19. The number of carbonyl (C=O) groups excluding carboxylic acids is 1. The van der Waals surface area contributed by atoms with E-state index in [9.17, 15) is 9.18 Å². The maximum absolute atomic E-state index is 11.7. The zero-order valence-electron chi connectivity index (χ0n) is 4.40. The fourth-order valence-electron chi connectivity index (χ4n) is 0.488. The van der Waals surface area contributed by atoms with Crippen LogP contribution in [0.15, 0.2) is 5.57 Å². The Morgan fingerprint density at radius 3 is 2.78 bits per heavy atom. The molecule has 9 heavy (non-hydrogen) atoms. The highest BCUT2D eigenvalue weighted by Crippen LogP contribution is 2.11. The molecule has 0 amide bonds. The lowest BCUT2D eigenvalue weighted by atomic mass is 10.2. The van der Waals surface area contributed by atoms with Gasteiger partial charge in [0.05, 0.1) is 11.8 Å². The maximum Gasteiger partial charge on any atom is 0.203 e. The van der Waals surface area contributed by atoms with Gasteiger partial charge in [-0.3, -0.25) is 10.1 Å². The lowest BCUT2D eigenvalue weighted by Gasteiger charge is -1.92. The molecule has 0 bridgehead atoms. The van der Waals surface area contributed by atoms with Crippen molar-refractivity contribution >= 4 is 17.4 Å². The summed E-state index contributed by atoms with van der Waals surface area (Å²) < 4.78 is 11.7. The maximum atomic E-state index is 11.7. The van der Waals surface area contributed by atoms with Crippen LogP contribution in [0.1, 0.15) is 0 Å². The number of alkyl halides is 2. The number of nitrogens with zero attached hydrogens (tertiary/aromatic N) is 1. The van der Waals surface area contributed by atoms with Gasteiger partial charge >= 0.3 is 0 Å². The van der Waals surface area contributed by atoms with Gasteiger partial charge in [0, 0.05) is 0 Å². The number of Topliss-reactive ketones (excluding diaryl/α,β-unsaturated/α-hetero) is 1. The van der Waals surface area contributed by atoms with Crippen molar-refractivity contribution < 1.29 is 9.18 Å². The molecule has 0 spiro atoms. The summed E-state index contributed by atoms with van der Waals surface area (Å²) in [5.74, 6) is -0.473. The van der Waals surface area contributed by atoms with Gasteiger partial charge in [0.15, 0.2) is 5.50 Å². The van der Waals surface area contributed by atoms with Gasteiger partial charge < -0.3 is 0 Å². The average Bonchev–Trinajstić information content (AvgIpc) is 2.15. The van der Waals surface area contributed by atoms with Gasteiger partial charge in [0.2, 0.25) is 5.78 Å². The van der Waals surface area contributed by atoms with Crippen LogP contribution in [0.3, 0.4) is 0 Å². The van der Waals surface area contributed by atoms with Crippen molar-refractivity contribution in [2.24, 2.45) is 0 Å². The van der Waals surface area contributed by atoms with Crippen LogP contribution in [-0.4, -0.2) is 18.0 Å². The summed E-state index contributed by atoms with van der Waals surface area (Å²) in [4.78, 5) is 10.6. The van der Waals surface area contributed by atoms with Crippen LogP contribution in [0.25, 0.3) is 0 Å². The van der Waals surface area contributed by atoms with Gasteiger partial charge in [0.25, 0.3) is 0 Å². The molecule has 1 aliphatic heterocycles. The van der Waals surface area contributed by atoms with Crippen LogP contribution in [0.5, 0.6) is 0 Å². The van der Waals surface area contributed by atoms with Gasteiger partial charge in [0.1, 0.15) is 6.67 Å². The first kappa shape index (κ1) is 6.55. The lowest BCUT2D eigenvalue weighted by molar-refractivity contribution is -0.115. The first-order valence-electron chi connectivity index (χ1n) is 2.31. The van der Waals surface area contributed by atoms with Crippen molar-refractivity contribution in [1.29, 1.82) is 0 Å². The summed E-state index contributed by atoms with van der Waals surface area (Å²) in [5.41, 5.74) is -0.995. The Balaban J connectivity index is 2.67. The van der Waals surface area contributed by atoms with E-state index in [0.717, 1.165) is 0 Å². The number of hydrogen-bond acceptors (Lipinski definition) is 1. The van der Waals surface area contributed by atoms with Crippen LogP contribution >= 0.6 is 11.6 Å². The van der Waals surface area contributed by atoms with E-state index in [4.69, 9.17) is 11.6 Å². The molecule has 0 N–H and O–H groups in total. The molecule has 0 saturated heterocycles. The van der Waals surface area contributed by atoms with Crippen LogP contribution in [0.2, 0.25) is 0 Å².